The summed E-state index contributed by atoms with van der Waals surface area (Å²) in [6, 6.07) is 0. The molecule has 1 heteroatoms. The molecule has 0 aromatic heterocycles. The monoisotopic (exact) mass is 203 g/mol. The molecule has 0 saturated heterocycles. The maximum Gasteiger partial charge on any atom is 0.0594 e. The van der Waals surface area contributed by atoms with Crippen LogP contribution < -0.4 is 0 Å². The predicted octanol–water partition coefficient (Wildman–Crippen LogP) is 4.64. The summed E-state index contributed by atoms with van der Waals surface area (Å²) in [7, 11) is -0.494. The van der Waals surface area contributed by atoms with E-state index in [1.54, 1.807) is 18.5 Å². The molecule has 80 valence electrons. The average molecular weight is 203 g/mol. The van der Waals surface area contributed by atoms with E-state index < -0.39 is 7.26 Å². The second-order valence-electron chi connectivity index (χ2n) is 4.18. The molecule has 13 heavy (non-hydrogen) atoms. The van der Waals surface area contributed by atoms with E-state index in [1.807, 2.05) is 0 Å². The van der Waals surface area contributed by atoms with E-state index in [9.17, 15) is 0 Å². The molecular weight excluding hydrogens is 175 g/mol. The molecule has 0 rings (SSSR count). The zero-order valence-corrected chi connectivity index (χ0v) is 11.0. The Balaban J connectivity index is 4.07. The summed E-state index contributed by atoms with van der Waals surface area (Å²) in [6.07, 6.45) is 11.8. The highest BCUT2D eigenvalue weighted by Crippen LogP contribution is 2.59. The van der Waals surface area contributed by atoms with Gasteiger partial charge in [-0.15, -0.1) is 0 Å². The van der Waals surface area contributed by atoms with E-state index in [2.05, 4.69) is 27.7 Å². The smallest absolute Gasteiger partial charge is 0.0594 e. The van der Waals surface area contributed by atoms with Crippen LogP contribution in [0.4, 0.5) is 0 Å². The Kier molecular flexibility index (Phi) is 8.06. The summed E-state index contributed by atoms with van der Waals surface area (Å²) in [4.78, 5) is 0. The lowest BCUT2D eigenvalue weighted by molar-refractivity contribution is 0.874. The Morgan fingerprint density at radius 1 is 0.692 bits per heavy atom. The molecule has 0 fully saturated rings. The molecule has 0 saturated carbocycles. The summed E-state index contributed by atoms with van der Waals surface area (Å²) in [6.45, 7) is 9.45. The van der Waals surface area contributed by atoms with Crippen LogP contribution in [0.1, 0.15) is 53.4 Å². The minimum Gasteiger partial charge on any atom is -0.0652 e. The van der Waals surface area contributed by atoms with Gasteiger partial charge in [0.1, 0.15) is 0 Å². The van der Waals surface area contributed by atoms with Crippen molar-refractivity contribution in [3.05, 3.63) is 0 Å². The molecule has 0 atom stereocenters. The standard InChI is InChI=1S/C12H28P/c1-5-9-12-13(8-4,10-6-2)11-7-3/h5-12H2,1-4H3/q+1. The van der Waals surface area contributed by atoms with E-state index in [0.29, 0.717) is 0 Å². The van der Waals surface area contributed by atoms with Crippen LogP contribution in [0.5, 0.6) is 0 Å². The second kappa shape index (κ2) is 7.80. The molecule has 0 N–H and O–H groups in total. The van der Waals surface area contributed by atoms with Crippen LogP contribution in [0.25, 0.3) is 0 Å². The van der Waals surface area contributed by atoms with E-state index in [-0.39, 0.29) is 0 Å². The van der Waals surface area contributed by atoms with Gasteiger partial charge in [0.15, 0.2) is 0 Å². The van der Waals surface area contributed by atoms with Crippen molar-refractivity contribution in [2.24, 2.45) is 0 Å². The third-order valence-corrected chi connectivity index (χ3v) is 8.45. The van der Waals surface area contributed by atoms with Gasteiger partial charge in [0.25, 0.3) is 0 Å². The van der Waals surface area contributed by atoms with Crippen LogP contribution in [0.15, 0.2) is 0 Å². The van der Waals surface area contributed by atoms with Gasteiger partial charge >= 0.3 is 0 Å². The van der Waals surface area contributed by atoms with Gasteiger partial charge in [-0.3, -0.25) is 0 Å². The van der Waals surface area contributed by atoms with Gasteiger partial charge in [-0.05, 0) is 26.2 Å². The first-order valence-corrected chi connectivity index (χ1v) is 8.62. The lowest BCUT2D eigenvalue weighted by Crippen LogP contribution is -2.10. The molecule has 0 aromatic rings. The lowest BCUT2D eigenvalue weighted by atomic mass is 10.4. The summed E-state index contributed by atoms with van der Waals surface area (Å²) in [5.74, 6) is 0. The number of rotatable bonds is 8. The Morgan fingerprint density at radius 3 is 1.54 bits per heavy atom. The van der Waals surface area contributed by atoms with Gasteiger partial charge in [-0.1, -0.05) is 27.2 Å². The molecule has 0 spiro atoms. The summed E-state index contributed by atoms with van der Waals surface area (Å²) < 4.78 is 0. The van der Waals surface area contributed by atoms with Crippen LogP contribution in [0.2, 0.25) is 0 Å². The van der Waals surface area contributed by atoms with E-state index in [1.165, 1.54) is 31.8 Å². The summed E-state index contributed by atoms with van der Waals surface area (Å²) in [5, 5.41) is 0. The molecule has 0 radical (unpaired) electrons. The van der Waals surface area contributed by atoms with Gasteiger partial charge in [-0.25, -0.2) is 0 Å². The lowest BCUT2D eigenvalue weighted by Gasteiger charge is -2.25. The normalized spacial score (nSPS) is 12.0. The van der Waals surface area contributed by atoms with Crippen LogP contribution in [-0.2, 0) is 0 Å². The average Bonchev–Trinajstić information content (AvgIpc) is 2.15. The molecule has 0 unspecified atom stereocenters. The quantitative estimate of drug-likeness (QED) is 0.504. The van der Waals surface area contributed by atoms with Crippen molar-refractivity contribution >= 4 is 7.26 Å². The van der Waals surface area contributed by atoms with Gasteiger partial charge in [-0.2, -0.15) is 0 Å². The first kappa shape index (κ1) is 13.4. The van der Waals surface area contributed by atoms with E-state index >= 15 is 0 Å². The molecule has 0 amide bonds. The van der Waals surface area contributed by atoms with E-state index in [4.69, 9.17) is 0 Å². The molecule has 0 aromatic carbocycles. The third-order valence-electron chi connectivity index (χ3n) is 3.05. The fraction of sp³-hybridized carbons (Fsp3) is 1.00. The van der Waals surface area contributed by atoms with Gasteiger partial charge in [0.2, 0.25) is 0 Å². The maximum atomic E-state index is 2.43. The van der Waals surface area contributed by atoms with Crippen molar-refractivity contribution in [3.63, 3.8) is 0 Å². The topological polar surface area (TPSA) is 0 Å². The molecule has 0 bridgehead atoms. The highest BCUT2D eigenvalue weighted by atomic mass is 31.2. The Bertz CT molecular complexity index is 104. The largest absolute Gasteiger partial charge is 0.0652 e. The molecular formula is C12H28P+. The van der Waals surface area contributed by atoms with Crippen LogP contribution in [-0.4, -0.2) is 24.6 Å². The number of hydrogen-bond donors (Lipinski definition) is 0. The van der Waals surface area contributed by atoms with Gasteiger partial charge in [0.05, 0.1) is 24.6 Å². The Labute approximate surface area is 85.8 Å². The first-order chi connectivity index (χ1) is 6.24. The SMILES string of the molecule is CCCC[P+](CC)(CCC)CCC. The van der Waals surface area contributed by atoms with Crippen LogP contribution >= 0.6 is 7.26 Å². The summed E-state index contributed by atoms with van der Waals surface area (Å²) >= 11 is 0. The van der Waals surface area contributed by atoms with Crippen molar-refractivity contribution in [2.45, 2.75) is 53.4 Å². The minimum atomic E-state index is -0.494. The highest BCUT2D eigenvalue weighted by Gasteiger charge is 2.31. The summed E-state index contributed by atoms with van der Waals surface area (Å²) in [5.41, 5.74) is 0. The number of unbranched alkanes of at least 4 members (excludes halogenated alkanes) is 1. The number of hydrogen-bond acceptors (Lipinski definition) is 0. The molecule has 0 aliphatic carbocycles. The fourth-order valence-corrected chi connectivity index (χ4v) is 6.76. The second-order valence-corrected chi connectivity index (χ2v) is 8.84. The molecule has 0 aliphatic rings. The Morgan fingerprint density at radius 2 is 1.23 bits per heavy atom. The zero-order valence-electron chi connectivity index (χ0n) is 10.1. The first-order valence-electron chi connectivity index (χ1n) is 6.09. The Hall–Kier alpha value is 0.430. The third kappa shape index (κ3) is 5.01. The maximum absolute atomic E-state index is 2.43. The van der Waals surface area contributed by atoms with Crippen molar-refractivity contribution in [2.75, 3.05) is 24.6 Å². The molecule has 0 heterocycles. The zero-order chi connectivity index (χ0) is 10.2. The molecule has 0 aliphatic heterocycles. The predicted molar refractivity (Wildman–Crippen MR) is 67.6 cm³/mol. The van der Waals surface area contributed by atoms with Gasteiger partial charge < -0.3 is 0 Å². The van der Waals surface area contributed by atoms with Crippen LogP contribution in [0, 0.1) is 0 Å². The van der Waals surface area contributed by atoms with Crippen LogP contribution in [0.3, 0.4) is 0 Å². The van der Waals surface area contributed by atoms with Crippen molar-refractivity contribution < 1.29 is 0 Å². The highest BCUT2D eigenvalue weighted by molar-refractivity contribution is 7.75. The molecule has 0 nitrogen and oxygen atoms in total. The van der Waals surface area contributed by atoms with E-state index in [0.717, 1.165) is 0 Å². The van der Waals surface area contributed by atoms with Gasteiger partial charge in [0, 0.05) is 7.26 Å². The van der Waals surface area contributed by atoms with Crippen molar-refractivity contribution in [3.8, 4) is 0 Å². The fourth-order valence-electron chi connectivity index (χ4n) is 2.25. The minimum absolute atomic E-state index is 0.494. The van der Waals surface area contributed by atoms with Crippen molar-refractivity contribution in [1.82, 2.24) is 0 Å². The van der Waals surface area contributed by atoms with Crippen molar-refractivity contribution in [1.29, 1.82) is 0 Å².